The van der Waals surface area contributed by atoms with Crippen molar-refractivity contribution in [2.24, 2.45) is 0 Å². The van der Waals surface area contributed by atoms with Gasteiger partial charge in [-0.05, 0) is 19.1 Å². The fourth-order valence-corrected chi connectivity index (χ4v) is 1.78. The second-order valence-corrected chi connectivity index (χ2v) is 3.94. The lowest BCUT2D eigenvalue weighted by Gasteiger charge is -2.10. The van der Waals surface area contributed by atoms with Crippen LogP contribution in [-0.2, 0) is 9.53 Å². The van der Waals surface area contributed by atoms with Crippen molar-refractivity contribution in [3.05, 3.63) is 10.1 Å². The van der Waals surface area contributed by atoms with Gasteiger partial charge < -0.3 is 4.74 Å². The van der Waals surface area contributed by atoms with Gasteiger partial charge in [0, 0.05) is 4.92 Å². The van der Waals surface area contributed by atoms with E-state index in [1.807, 2.05) is 6.92 Å². The van der Waals surface area contributed by atoms with E-state index in [9.17, 15) is 14.9 Å². The average molecular weight is 221 g/mol. The highest BCUT2D eigenvalue weighted by molar-refractivity contribution is 8.00. The van der Waals surface area contributed by atoms with E-state index >= 15 is 0 Å². The van der Waals surface area contributed by atoms with E-state index in [0.717, 1.165) is 12.2 Å². The molecule has 1 unspecified atom stereocenters. The Morgan fingerprint density at radius 3 is 2.64 bits per heavy atom. The Labute approximate surface area is 87.3 Å². The first-order valence-electron chi connectivity index (χ1n) is 4.51. The zero-order chi connectivity index (χ0) is 11.0. The molecule has 0 rings (SSSR count). The molecule has 0 aromatic heterocycles. The monoisotopic (exact) mass is 221 g/mol. The summed E-state index contributed by atoms with van der Waals surface area (Å²) in [4.78, 5) is 21.0. The molecule has 0 radical (unpaired) electrons. The molecule has 0 aliphatic heterocycles. The van der Waals surface area contributed by atoms with E-state index in [1.54, 1.807) is 6.92 Å². The van der Waals surface area contributed by atoms with Crippen LogP contribution in [0.1, 0.15) is 20.3 Å². The predicted molar refractivity (Wildman–Crippen MR) is 55.0 cm³/mol. The summed E-state index contributed by atoms with van der Waals surface area (Å²) >= 11 is 1.28. The van der Waals surface area contributed by atoms with Gasteiger partial charge in [-0.3, -0.25) is 14.9 Å². The lowest BCUT2D eigenvalue weighted by Crippen LogP contribution is -2.28. The van der Waals surface area contributed by atoms with Crippen molar-refractivity contribution >= 4 is 17.7 Å². The average Bonchev–Trinajstić information content (AvgIpc) is 2.12. The number of hydrogen-bond donors (Lipinski definition) is 0. The molecule has 0 aliphatic carbocycles. The minimum atomic E-state index is -0.662. The van der Waals surface area contributed by atoms with Crippen molar-refractivity contribution in [2.75, 3.05) is 18.9 Å². The van der Waals surface area contributed by atoms with Gasteiger partial charge in [-0.2, -0.15) is 0 Å². The van der Waals surface area contributed by atoms with Crippen LogP contribution >= 0.6 is 11.8 Å². The van der Waals surface area contributed by atoms with E-state index in [0.29, 0.717) is 0 Å². The van der Waals surface area contributed by atoms with Crippen molar-refractivity contribution in [1.29, 1.82) is 0 Å². The molecule has 5 nitrogen and oxygen atoms in total. The zero-order valence-corrected chi connectivity index (χ0v) is 9.21. The van der Waals surface area contributed by atoms with Crippen molar-refractivity contribution in [3.63, 3.8) is 0 Å². The maximum absolute atomic E-state index is 11.2. The Bertz CT molecular complexity index is 198. The minimum Gasteiger partial charge on any atom is -0.465 e. The van der Waals surface area contributed by atoms with Gasteiger partial charge in [0.05, 0.1) is 6.61 Å². The number of carbonyl (C=O) groups excluding carboxylic acids is 1. The van der Waals surface area contributed by atoms with Crippen LogP contribution < -0.4 is 0 Å². The van der Waals surface area contributed by atoms with Gasteiger partial charge in [0.15, 0.2) is 5.25 Å². The molecule has 0 fully saturated rings. The molecule has 1 atom stereocenters. The number of thioether (sulfide) groups is 1. The van der Waals surface area contributed by atoms with E-state index < -0.39 is 16.1 Å². The first kappa shape index (κ1) is 13.2. The molecule has 0 aromatic carbocycles. The third-order valence-electron chi connectivity index (χ3n) is 1.39. The normalized spacial score (nSPS) is 12.1. The number of carbonyl (C=O) groups is 1. The molecule has 0 heterocycles. The van der Waals surface area contributed by atoms with Gasteiger partial charge in [0.2, 0.25) is 6.54 Å². The molecular formula is C8H15NO4S. The molecule has 0 N–H and O–H groups in total. The van der Waals surface area contributed by atoms with Gasteiger partial charge in [-0.1, -0.05) is 6.92 Å². The maximum atomic E-state index is 11.2. The van der Waals surface area contributed by atoms with Crippen LogP contribution in [0.25, 0.3) is 0 Å². The second kappa shape index (κ2) is 7.61. The Hall–Kier alpha value is -0.780. The lowest BCUT2D eigenvalue weighted by atomic mass is 10.4. The minimum absolute atomic E-state index is 0.264. The maximum Gasteiger partial charge on any atom is 0.325 e. The number of ether oxygens (including phenoxy) is 1. The number of hydrogen-bond acceptors (Lipinski definition) is 5. The largest absolute Gasteiger partial charge is 0.465 e. The first-order valence-corrected chi connectivity index (χ1v) is 5.56. The SMILES string of the molecule is CCCSC(C[N+](=O)[O-])C(=O)OCC. The van der Waals surface area contributed by atoms with E-state index in [-0.39, 0.29) is 13.2 Å². The van der Waals surface area contributed by atoms with Crippen molar-refractivity contribution in [1.82, 2.24) is 0 Å². The molecular weight excluding hydrogens is 206 g/mol. The van der Waals surface area contributed by atoms with Gasteiger partial charge >= 0.3 is 5.97 Å². The fraction of sp³-hybridized carbons (Fsp3) is 0.875. The highest BCUT2D eigenvalue weighted by Crippen LogP contribution is 2.14. The van der Waals surface area contributed by atoms with Crippen LogP contribution in [0.15, 0.2) is 0 Å². The molecule has 0 spiro atoms. The third kappa shape index (κ3) is 5.80. The van der Waals surface area contributed by atoms with Crippen LogP contribution in [0.2, 0.25) is 0 Å². The number of nitrogens with zero attached hydrogens (tertiary/aromatic N) is 1. The summed E-state index contributed by atoms with van der Waals surface area (Å²) in [7, 11) is 0. The van der Waals surface area contributed by atoms with E-state index in [1.165, 1.54) is 11.8 Å². The van der Waals surface area contributed by atoms with E-state index in [4.69, 9.17) is 4.74 Å². The molecule has 0 saturated carbocycles. The summed E-state index contributed by atoms with van der Waals surface area (Å²) in [5.41, 5.74) is 0. The molecule has 6 heteroatoms. The molecule has 0 saturated heterocycles. The van der Waals surface area contributed by atoms with Gasteiger partial charge in [-0.15, -0.1) is 11.8 Å². The summed E-state index contributed by atoms with van der Waals surface area (Å²) in [6, 6.07) is 0. The number of esters is 1. The van der Waals surface area contributed by atoms with Gasteiger partial charge in [0.1, 0.15) is 0 Å². The van der Waals surface area contributed by atoms with Crippen LogP contribution in [0, 0.1) is 10.1 Å². The Morgan fingerprint density at radius 1 is 1.57 bits per heavy atom. The predicted octanol–water partition coefficient (Wildman–Crippen LogP) is 1.34. The van der Waals surface area contributed by atoms with E-state index in [2.05, 4.69) is 0 Å². The smallest absolute Gasteiger partial charge is 0.325 e. The number of nitro groups is 1. The Balaban J connectivity index is 4.08. The summed E-state index contributed by atoms with van der Waals surface area (Å²) in [5.74, 6) is 0.250. The van der Waals surface area contributed by atoms with Crippen molar-refractivity contribution < 1.29 is 14.5 Å². The van der Waals surface area contributed by atoms with Gasteiger partial charge in [-0.25, -0.2) is 0 Å². The first-order chi connectivity index (χ1) is 6.61. The highest BCUT2D eigenvalue weighted by atomic mass is 32.2. The molecule has 0 aromatic rings. The summed E-state index contributed by atoms with van der Waals surface area (Å²) < 4.78 is 4.74. The van der Waals surface area contributed by atoms with Crippen LogP contribution in [0.3, 0.4) is 0 Å². The summed E-state index contributed by atoms with van der Waals surface area (Å²) in [6.07, 6.45) is 0.887. The quantitative estimate of drug-likeness (QED) is 0.368. The van der Waals surface area contributed by atoms with Crippen molar-refractivity contribution in [2.45, 2.75) is 25.5 Å². The summed E-state index contributed by atoms with van der Waals surface area (Å²) in [5, 5.41) is 9.60. The Morgan fingerprint density at radius 2 is 2.21 bits per heavy atom. The van der Waals surface area contributed by atoms with Crippen LogP contribution in [0.5, 0.6) is 0 Å². The molecule has 0 amide bonds. The fourth-order valence-electron chi connectivity index (χ4n) is 0.826. The topological polar surface area (TPSA) is 69.4 Å². The number of rotatable bonds is 7. The van der Waals surface area contributed by atoms with Crippen LogP contribution in [0.4, 0.5) is 0 Å². The van der Waals surface area contributed by atoms with Gasteiger partial charge in [0.25, 0.3) is 0 Å². The second-order valence-electron chi connectivity index (χ2n) is 2.63. The molecule has 82 valence electrons. The van der Waals surface area contributed by atoms with Crippen LogP contribution in [-0.4, -0.2) is 35.0 Å². The molecule has 14 heavy (non-hydrogen) atoms. The summed E-state index contributed by atoms with van der Waals surface area (Å²) in [6.45, 7) is 3.55. The lowest BCUT2D eigenvalue weighted by molar-refractivity contribution is -0.477. The molecule has 0 aliphatic rings. The molecule has 0 bridgehead atoms. The Kier molecular flexibility index (Phi) is 7.18. The highest BCUT2D eigenvalue weighted by Gasteiger charge is 2.25. The van der Waals surface area contributed by atoms with Crippen molar-refractivity contribution in [3.8, 4) is 0 Å². The third-order valence-corrected chi connectivity index (χ3v) is 2.78. The zero-order valence-electron chi connectivity index (χ0n) is 8.39. The standard InChI is InChI=1S/C8H15NO4S/c1-3-5-14-7(6-9(11)12)8(10)13-4-2/h7H,3-6H2,1-2H3.